The molecule has 1 N–H and O–H groups in total. The predicted octanol–water partition coefficient (Wildman–Crippen LogP) is 6.58. The third-order valence-electron chi connectivity index (χ3n) is 8.28. The van der Waals surface area contributed by atoms with Crippen LogP contribution in [0.15, 0.2) is 12.7 Å². The van der Waals surface area contributed by atoms with Crippen LogP contribution in [0.25, 0.3) is 11.2 Å². The predicted molar refractivity (Wildman–Crippen MR) is 142 cm³/mol. The highest BCUT2D eigenvalue weighted by Crippen LogP contribution is 2.45. The Morgan fingerprint density at radius 1 is 1.03 bits per heavy atom. The van der Waals surface area contributed by atoms with Gasteiger partial charge in [0.25, 0.3) is 0 Å². The lowest BCUT2D eigenvalue weighted by Gasteiger charge is -2.40. The van der Waals surface area contributed by atoms with Crippen molar-refractivity contribution in [3.63, 3.8) is 0 Å². The maximum Gasteiger partial charge on any atom is 0.192 e. The first kappa shape index (κ1) is 26.3. The number of hydrogen-bond donors (Lipinski definition) is 1. The summed E-state index contributed by atoms with van der Waals surface area (Å²) < 4.78 is 15.6. The van der Waals surface area contributed by atoms with E-state index in [0.29, 0.717) is 5.92 Å². The molecule has 1 aliphatic heterocycles. The first-order valence-corrected chi connectivity index (χ1v) is 18.2. The number of imidazole rings is 1. The molecule has 4 atom stereocenters. The van der Waals surface area contributed by atoms with Gasteiger partial charge in [0.1, 0.15) is 17.7 Å². The molecule has 0 bridgehead atoms. The summed E-state index contributed by atoms with van der Waals surface area (Å²) >= 11 is 0. The van der Waals surface area contributed by atoms with Crippen LogP contribution in [0.4, 0.5) is 5.82 Å². The molecule has 3 heterocycles. The lowest BCUT2D eigenvalue weighted by molar-refractivity contribution is -0.0321. The molecule has 0 aromatic carbocycles. The van der Waals surface area contributed by atoms with Crippen LogP contribution in [0.1, 0.15) is 68.0 Å². The third kappa shape index (κ3) is 4.92. The van der Waals surface area contributed by atoms with Gasteiger partial charge in [0.15, 0.2) is 28.4 Å². The fourth-order valence-electron chi connectivity index (χ4n) is 3.84. The van der Waals surface area contributed by atoms with E-state index in [4.69, 9.17) is 14.1 Å². The minimum atomic E-state index is -1.99. The zero-order valence-electron chi connectivity index (χ0n) is 22.8. The summed E-state index contributed by atoms with van der Waals surface area (Å²) in [6.45, 7) is 27.4. The van der Waals surface area contributed by atoms with E-state index in [-0.39, 0.29) is 28.5 Å². The Balaban J connectivity index is 2.02. The molecule has 1 aliphatic rings. The number of anilines is 1. The zero-order valence-corrected chi connectivity index (χ0v) is 24.8. The maximum absolute atomic E-state index is 6.96. The largest absolute Gasteiger partial charge is 0.409 e. The van der Waals surface area contributed by atoms with E-state index < -0.39 is 16.6 Å². The minimum Gasteiger partial charge on any atom is -0.409 e. The van der Waals surface area contributed by atoms with E-state index in [2.05, 4.69) is 101 Å². The fourth-order valence-corrected chi connectivity index (χ4v) is 6.35. The molecular weight excluding hydrogens is 446 g/mol. The third-order valence-corrected chi connectivity index (χ3v) is 17.4. The SMILES string of the molecule is CC[C@H]1O[C@@H](n2cnc3c(N[Si](C)(C)C(C)(C)C)ncnc32)[C@@H](O[Si](C)(C)C(C)(C)C)C1C. The van der Waals surface area contributed by atoms with Gasteiger partial charge in [-0.05, 0) is 29.6 Å². The molecule has 0 radical (unpaired) electrons. The summed E-state index contributed by atoms with van der Waals surface area (Å²) in [6.07, 6.45) is 4.30. The highest BCUT2D eigenvalue weighted by molar-refractivity contribution is 6.83. The summed E-state index contributed by atoms with van der Waals surface area (Å²) in [5.41, 5.74) is 1.59. The molecule has 1 saturated heterocycles. The quantitative estimate of drug-likeness (QED) is 0.460. The monoisotopic (exact) mass is 491 g/mol. The number of hydrogen-bond acceptors (Lipinski definition) is 6. The van der Waals surface area contributed by atoms with Gasteiger partial charge in [0, 0.05) is 5.92 Å². The van der Waals surface area contributed by atoms with E-state index in [9.17, 15) is 0 Å². The van der Waals surface area contributed by atoms with E-state index >= 15 is 0 Å². The Morgan fingerprint density at radius 2 is 1.67 bits per heavy atom. The number of nitrogens with zero attached hydrogens (tertiary/aromatic N) is 4. The maximum atomic E-state index is 6.96. The molecule has 9 heteroatoms. The van der Waals surface area contributed by atoms with Gasteiger partial charge in [-0.25, -0.2) is 15.0 Å². The molecule has 0 spiro atoms. The van der Waals surface area contributed by atoms with Crippen LogP contribution in [-0.4, -0.2) is 48.3 Å². The average Bonchev–Trinajstić information content (AvgIpc) is 3.22. The molecule has 7 nitrogen and oxygen atoms in total. The van der Waals surface area contributed by atoms with Crippen LogP contribution in [-0.2, 0) is 9.16 Å². The van der Waals surface area contributed by atoms with Crippen molar-refractivity contribution in [1.82, 2.24) is 19.5 Å². The second-order valence-corrected chi connectivity index (χ2v) is 22.5. The van der Waals surface area contributed by atoms with Crippen molar-refractivity contribution in [3.05, 3.63) is 12.7 Å². The van der Waals surface area contributed by atoms with E-state index in [1.54, 1.807) is 6.33 Å². The number of aromatic nitrogens is 4. The lowest BCUT2D eigenvalue weighted by Crippen LogP contribution is -2.46. The zero-order chi connectivity index (χ0) is 25.0. The van der Waals surface area contributed by atoms with Gasteiger partial charge in [-0.3, -0.25) is 4.57 Å². The van der Waals surface area contributed by atoms with Crippen molar-refractivity contribution in [1.29, 1.82) is 0 Å². The summed E-state index contributed by atoms with van der Waals surface area (Å²) in [5, 5.41) is 0.300. The topological polar surface area (TPSA) is 74.1 Å². The first-order valence-electron chi connectivity index (χ1n) is 12.3. The van der Waals surface area contributed by atoms with Crippen molar-refractivity contribution in [2.24, 2.45) is 5.92 Å². The number of nitrogens with one attached hydrogen (secondary N) is 1. The van der Waals surface area contributed by atoms with Crippen LogP contribution < -0.4 is 4.98 Å². The molecule has 1 unspecified atom stereocenters. The normalized spacial score (nSPS) is 25.1. The molecule has 3 rings (SSSR count). The summed E-state index contributed by atoms with van der Waals surface area (Å²) in [5.74, 6) is 1.10. The van der Waals surface area contributed by atoms with Crippen molar-refractivity contribution in [3.8, 4) is 0 Å². The Morgan fingerprint density at radius 3 is 2.21 bits per heavy atom. The molecule has 2 aromatic rings. The van der Waals surface area contributed by atoms with Crippen molar-refractivity contribution < 1.29 is 9.16 Å². The molecule has 0 aliphatic carbocycles. The van der Waals surface area contributed by atoms with Crippen molar-refractivity contribution in [2.45, 2.75) is 117 Å². The van der Waals surface area contributed by atoms with Crippen LogP contribution in [0, 0.1) is 5.92 Å². The molecule has 33 heavy (non-hydrogen) atoms. The fraction of sp³-hybridized carbons (Fsp3) is 0.792. The second kappa shape index (κ2) is 8.73. The van der Waals surface area contributed by atoms with Gasteiger partial charge in [0.2, 0.25) is 0 Å². The molecule has 0 amide bonds. The molecule has 0 saturated carbocycles. The smallest absolute Gasteiger partial charge is 0.192 e. The Labute approximate surface area is 202 Å². The van der Waals surface area contributed by atoms with E-state index in [0.717, 1.165) is 23.4 Å². The Kier molecular flexibility index (Phi) is 6.96. The lowest BCUT2D eigenvalue weighted by atomic mass is 9.99. The van der Waals surface area contributed by atoms with Crippen LogP contribution in [0.5, 0.6) is 0 Å². The standard InChI is InChI=1S/C24H45N5O2Si2/c1-13-17-16(2)19(31-33(11,12)24(6,7)8)22(30-17)29-15-27-18-20(25-14-26-21(18)29)28-32(9,10)23(3,4)5/h14-17,19,22H,13H2,1-12H3,(H,25,26,28)/t16?,17-,19+,22-/m1/s1. The van der Waals surface area contributed by atoms with E-state index in [1.165, 1.54) is 0 Å². The molecule has 186 valence electrons. The van der Waals surface area contributed by atoms with Gasteiger partial charge in [-0.1, -0.05) is 68.5 Å². The molecular formula is C24H45N5O2Si2. The summed E-state index contributed by atoms with van der Waals surface area (Å²) in [6, 6.07) is 0. The second-order valence-electron chi connectivity index (χ2n) is 12.7. The van der Waals surface area contributed by atoms with Crippen LogP contribution in [0.3, 0.4) is 0 Å². The van der Waals surface area contributed by atoms with E-state index in [1.807, 2.05) is 6.33 Å². The van der Waals surface area contributed by atoms with Gasteiger partial charge >= 0.3 is 0 Å². The number of ether oxygens (including phenoxy) is 1. The van der Waals surface area contributed by atoms with Gasteiger partial charge in [-0.15, -0.1) is 0 Å². The summed E-state index contributed by atoms with van der Waals surface area (Å²) in [7, 11) is -3.81. The molecule has 1 fully saturated rings. The highest BCUT2D eigenvalue weighted by atomic mass is 28.4. The van der Waals surface area contributed by atoms with Gasteiger partial charge in [0.05, 0.1) is 18.5 Å². The Bertz CT molecular complexity index is 977. The Hall–Kier alpha value is -1.30. The number of fused-ring (bicyclic) bond motifs is 1. The van der Waals surface area contributed by atoms with Crippen LogP contribution >= 0.6 is 0 Å². The van der Waals surface area contributed by atoms with Crippen molar-refractivity contribution >= 4 is 33.5 Å². The van der Waals surface area contributed by atoms with Crippen LogP contribution in [0.2, 0.25) is 36.3 Å². The summed E-state index contributed by atoms with van der Waals surface area (Å²) in [4.78, 5) is 17.7. The highest BCUT2D eigenvalue weighted by Gasteiger charge is 2.49. The first-order chi connectivity index (χ1) is 15.0. The minimum absolute atomic E-state index is 0.0417. The van der Waals surface area contributed by atoms with Crippen molar-refractivity contribution in [2.75, 3.05) is 4.98 Å². The van der Waals surface area contributed by atoms with Gasteiger partial charge < -0.3 is 14.1 Å². The molecule has 2 aromatic heterocycles. The van der Waals surface area contributed by atoms with Gasteiger partial charge in [-0.2, -0.15) is 0 Å². The average molecular weight is 492 g/mol. The number of rotatable bonds is 6.